The molecule has 22 heavy (non-hydrogen) atoms. The average Bonchev–Trinajstić information content (AvgIpc) is 3.00. The quantitative estimate of drug-likeness (QED) is 0.786. The number of amides is 1. The number of aromatic nitrogens is 1. The lowest BCUT2D eigenvalue weighted by Gasteiger charge is -2.02. The van der Waals surface area contributed by atoms with Crippen molar-refractivity contribution in [2.45, 2.75) is 13.8 Å². The lowest BCUT2D eigenvalue weighted by atomic mass is 10.1. The second-order valence-corrected chi connectivity index (χ2v) is 5.26. The summed E-state index contributed by atoms with van der Waals surface area (Å²) >= 11 is 0. The van der Waals surface area contributed by atoms with Gasteiger partial charge in [0.05, 0.1) is 0 Å². The molecular formula is C18H16N2O2. The van der Waals surface area contributed by atoms with Crippen LogP contribution in [0.1, 0.15) is 21.6 Å². The topological polar surface area (TPSA) is 55.1 Å². The van der Waals surface area contributed by atoms with Crippen molar-refractivity contribution in [3.05, 3.63) is 71.4 Å². The molecule has 0 spiro atoms. The van der Waals surface area contributed by atoms with Gasteiger partial charge in [-0.3, -0.25) is 4.79 Å². The molecule has 1 aromatic heterocycles. The van der Waals surface area contributed by atoms with Crippen molar-refractivity contribution in [3.63, 3.8) is 0 Å². The monoisotopic (exact) mass is 292 g/mol. The summed E-state index contributed by atoms with van der Waals surface area (Å²) in [6.45, 7) is 4.02. The van der Waals surface area contributed by atoms with Crippen LogP contribution in [0.15, 0.2) is 59.1 Å². The van der Waals surface area contributed by atoms with Crippen molar-refractivity contribution in [2.24, 2.45) is 0 Å². The Hall–Kier alpha value is -2.88. The first-order chi connectivity index (χ1) is 10.6. The van der Waals surface area contributed by atoms with Crippen molar-refractivity contribution < 1.29 is 9.32 Å². The van der Waals surface area contributed by atoms with E-state index < -0.39 is 0 Å². The molecule has 1 heterocycles. The van der Waals surface area contributed by atoms with Gasteiger partial charge in [-0.25, -0.2) is 0 Å². The van der Waals surface area contributed by atoms with Gasteiger partial charge in [0, 0.05) is 17.3 Å². The Bertz CT molecular complexity index is 787. The molecule has 110 valence electrons. The highest BCUT2D eigenvalue weighted by Crippen LogP contribution is 2.21. The van der Waals surface area contributed by atoms with E-state index in [1.54, 1.807) is 6.07 Å². The Morgan fingerprint density at radius 3 is 2.18 bits per heavy atom. The van der Waals surface area contributed by atoms with Gasteiger partial charge in [-0.05, 0) is 26.0 Å². The predicted octanol–water partition coefficient (Wildman–Crippen LogP) is 4.21. The number of carbonyl (C=O) groups is 1. The van der Waals surface area contributed by atoms with E-state index in [1.165, 1.54) is 5.56 Å². The van der Waals surface area contributed by atoms with Crippen LogP contribution in [0.25, 0.3) is 11.3 Å². The molecule has 2 aromatic carbocycles. The third kappa shape index (κ3) is 3.06. The van der Waals surface area contributed by atoms with Crippen molar-refractivity contribution in [3.8, 4) is 11.3 Å². The molecule has 0 aliphatic rings. The fourth-order valence-corrected chi connectivity index (χ4v) is 2.07. The zero-order valence-electron chi connectivity index (χ0n) is 12.5. The molecule has 1 amide bonds. The van der Waals surface area contributed by atoms with Gasteiger partial charge in [0.25, 0.3) is 5.91 Å². The number of aryl methyl sites for hydroxylation is 2. The van der Waals surface area contributed by atoms with Gasteiger partial charge < -0.3 is 9.84 Å². The minimum Gasteiger partial charge on any atom is -0.355 e. The normalized spacial score (nSPS) is 10.5. The SMILES string of the molecule is Cc1ccc(NC(=O)c2cc(-c3ccc(C)cc3)on2)cc1. The Labute approximate surface area is 128 Å². The van der Waals surface area contributed by atoms with Crippen molar-refractivity contribution >= 4 is 11.6 Å². The molecule has 0 saturated heterocycles. The summed E-state index contributed by atoms with van der Waals surface area (Å²) in [5.74, 6) is 0.292. The largest absolute Gasteiger partial charge is 0.355 e. The van der Waals surface area contributed by atoms with Gasteiger partial charge in [0.15, 0.2) is 11.5 Å². The van der Waals surface area contributed by atoms with Crippen molar-refractivity contribution in [2.75, 3.05) is 5.32 Å². The minimum atomic E-state index is -0.286. The zero-order valence-corrected chi connectivity index (χ0v) is 12.5. The van der Waals surface area contributed by atoms with E-state index >= 15 is 0 Å². The number of hydrogen-bond donors (Lipinski definition) is 1. The fourth-order valence-electron chi connectivity index (χ4n) is 2.07. The molecule has 1 N–H and O–H groups in total. The summed E-state index contributed by atoms with van der Waals surface area (Å²) in [7, 11) is 0. The molecular weight excluding hydrogens is 276 g/mol. The number of nitrogens with one attached hydrogen (secondary N) is 1. The van der Waals surface area contributed by atoms with E-state index in [0.29, 0.717) is 5.76 Å². The second-order valence-electron chi connectivity index (χ2n) is 5.26. The van der Waals surface area contributed by atoms with Gasteiger partial charge >= 0.3 is 0 Å². The van der Waals surface area contributed by atoms with E-state index in [1.807, 2.05) is 62.4 Å². The van der Waals surface area contributed by atoms with Crippen molar-refractivity contribution in [1.29, 1.82) is 0 Å². The molecule has 0 aliphatic heterocycles. The molecule has 0 bridgehead atoms. The highest BCUT2D eigenvalue weighted by molar-refractivity contribution is 6.03. The van der Waals surface area contributed by atoms with E-state index in [2.05, 4.69) is 10.5 Å². The Morgan fingerprint density at radius 1 is 0.955 bits per heavy atom. The van der Waals surface area contributed by atoms with Gasteiger partial charge in [0.1, 0.15) is 0 Å². The molecule has 3 rings (SSSR count). The maximum Gasteiger partial charge on any atom is 0.277 e. The number of anilines is 1. The van der Waals surface area contributed by atoms with Crippen LogP contribution >= 0.6 is 0 Å². The molecule has 4 nitrogen and oxygen atoms in total. The third-order valence-electron chi connectivity index (χ3n) is 3.39. The number of carbonyl (C=O) groups excluding carboxylic acids is 1. The summed E-state index contributed by atoms with van der Waals surface area (Å²) in [6, 6.07) is 17.1. The highest BCUT2D eigenvalue weighted by atomic mass is 16.5. The zero-order chi connectivity index (χ0) is 15.5. The lowest BCUT2D eigenvalue weighted by molar-refractivity contribution is 0.101. The first kappa shape index (κ1) is 14.1. The molecule has 3 aromatic rings. The van der Waals surface area contributed by atoms with Gasteiger partial charge in [-0.2, -0.15) is 0 Å². The van der Waals surface area contributed by atoms with Crippen LogP contribution in [0.3, 0.4) is 0 Å². The first-order valence-electron chi connectivity index (χ1n) is 7.03. The van der Waals surface area contributed by atoms with E-state index in [4.69, 9.17) is 4.52 Å². The van der Waals surface area contributed by atoms with Gasteiger partial charge in [0.2, 0.25) is 0 Å². The molecule has 0 radical (unpaired) electrons. The maximum absolute atomic E-state index is 12.2. The molecule has 0 unspecified atom stereocenters. The van der Waals surface area contributed by atoms with Crippen LogP contribution in [-0.2, 0) is 0 Å². The summed E-state index contributed by atoms with van der Waals surface area (Å²) in [5.41, 5.74) is 4.20. The first-order valence-corrected chi connectivity index (χ1v) is 7.03. The summed E-state index contributed by atoms with van der Waals surface area (Å²) in [5, 5.41) is 6.64. The fraction of sp³-hybridized carbons (Fsp3) is 0.111. The predicted molar refractivity (Wildman–Crippen MR) is 85.8 cm³/mol. The number of hydrogen-bond acceptors (Lipinski definition) is 3. The number of benzene rings is 2. The molecule has 0 aliphatic carbocycles. The number of rotatable bonds is 3. The second kappa shape index (κ2) is 5.85. The smallest absolute Gasteiger partial charge is 0.277 e. The third-order valence-corrected chi connectivity index (χ3v) is 3.39. The van der Waals surface area contributed by atoms with Crippen LogP contribution in [0.4, 0.5) is 5.69 Å². The standard InChI is InChI=1S/C18H16N2O2/c1-12-3-7-14(8-4-12)17-11-16(20-22-17)18(21)19-15-9-5-13(2)6-10-15/h3-11H,1-2H3,(H,19,21). The molecule has 0 fully saturated rings. The average molecular weight is 292 g/mol. The lowest BCUT2D eigenvalue weighted by Crippen LogP contribution is -2.11. The Morgan fingerprint density at radius 2 is 1.55 bits per heavy atom. The molecule has 0 saturated carbocycles. The van der Waals surface area contributed by atoms with Crippen LogP contribution in [-0.4, -0.2) is 11.1 Å². The highest BCUT2D eigenvalue weighted by Gasteiger charge is 2.13. The Kier molecular flexibility index (Phi) is 3.74. The summed E-state index contributed by atoms with van der Waals surface area (Å²) in [4.78, 5) is 12.2. The molecule has 0 atom stereocenters. The van der Waals surface area contributed by atoms with Crippen LogP contribution in [0, 0.1) is 13.8 Å². The summed E-state index contributed by atoms with van der Waals surface area (Å²) < 4.78 is 5.26. The van der Waals surface area contributed by atoms with Crippen LogP contribution < -0.4 is 5.32 Å². The van der Waals surface area contributed by atoms with Crippen LogP contribution in [0.2, 0.25) is 0 Å². The van der Waals surface area contributed by atoms with Crippen molar-refractivity contribution in [1.82, 2.24) is 5.16 Å². The maximum atomic E-state index is 12.2. The summed E-state index contributed by atoms with van der Waals surface area (Å²) in [6.07, 6.45) is 0. The molecule has 4 heteroatoms. The van der Waals surface area contributed by atoms with E-state index in [-0.39, 0.29) is 11.6 Å². The van der Waals surface area contributed by atoms with E-state index in [0.717, 1.165) is 16.8 Å². The van der Waals surface area contributed by atoms with Gasteiger partial charge in [-0.15, -0.1) is 0 Å². The van der Waals surface area contributed by atoms with E-state index in [9.17, 15) is 4.79 Å². The minimum absolute atomic E-state index is 0.260. The van der Waals surface area contributed by atoms with Gasteiger partial charge in [-0.1, -0.05) is 52.7 Å². The van der Waals surface area contributed by atoms with Crippen LogP contribution in [0.5, 0.6) is 0 Å². The number of nitrogens with zero attached hydrogens (tertiary/aromatic N) is 1. The Balaban J connectivity index is 1.76.